The molecular formula is C12H20N2OS. The first-order valence-corrected chi connectivity index (χ1v) is 6.55. The number of rotatable bonds is 6. The maximum absolute atomic E-state index is 11.6. The molecule has 0 radical (unpaired) electrons. The Morgan fingerprint density at radius 3 is 2.94 bits per heavy atom. The van der Waals surface area contributed by atoms with E-state index in [9.17, 15) is 4.79 Å². The molecule has 1 aromatic rings. The van der Waals surface area contributed by atoms with Crippen molar-refractivity contribution in [2.75, 3.05) is 20.1 Å². The van der Waals surface area contributed by atoms with Crippen molar-refractivity contribution in [1.29, 1.82) is 0 Å². The van der Waals surface area contributed by atoms with Crippen LogP contribution in [0, 0.1) is 0 Å². The van der Waals surface area contributed by atoms with E-state index in [1.807, 2.05) is 17.5 Å². The van der Waals surface area contributed by atoms with Gasteiger partial charge in [-0.25, -0.2) is 0 Å². The summed E-state index contributed by atoms with van der Waals surface area (Å²) in [6, 6.07) is 4.31. The lowest BCUT2D eigenvalue weighted by molar-refractivity contribution is 0.0951. The minimum atomic E-state index is 0.0348. The number of likely N-dealkylation sites (N-methyl/N-ethyl adjacent to an activating group) is 1. The maximum Gasteiger partial charge on any atom is 0.261 e. The lowest BCUT2D eigenvalue weighted by Gasteiger charge is -2.23. The van der Waals surface area contributed by atoms with Crippen LogP contribution in [0.15, 0.2) is 17.5 Å². The molecule has 0 aliphatic heterocycles. The Hall–Kier alpha value is -0.870. The average molecular weight is 240 g/mol. The van der Waals surface area contributed by atoms with Gasteiger partial charge in [0.1, 0.15) is 0 Å². The summed E-state index contributed by atoms with van der Waals surface area (Å²) in [5, 5.41) is 4.84. The fraction of sp³-hybridized carbons (Fsp3) is 0.583. The van der Waals surface area contributed by atoms with Crippen LogP contribution in [-0.2, 0) is 0 Å². The molecule has 0 fully saturated rings. The zero-order valence-corrected chi connectivity index (χ0v) is 11.0. The number of thiophene rings is 1. The van der Waals surface area contributed by atoms with Crippen LogP contribution in [0.1, 0.15) is 29.9 Å². The van der Waals surface area contributed by atoms with Crippen molar-refractivity contribution in [2.24, 2.45) is 0 Å². The van der Waals surface area contributed by atoms with E-state index in [-0.39, 0.29) is 5.91 Å². The molecule has 16 heavy (non-hydrogen) atoms. The molecule has 1 atom stereocenters. The van der Waals surface area contributed by atoms with Gasteiger partial charge in [0.05, 0.1) is 4.88 Å². The summed E-state index contributed by atoms with van der Waals surface area (Å²) in [7, 11) is 2.09. The van der Waals surface area contributed by atoms with Gasteiger partial charge in [-0.1, -0.05) is 13.0 Å². The van der Waals surface area contributed by atoms with Crippen molar-refractivity contribution in [3.8, 4) is 0 Å². The van der Waals surface area contributed by atoms with Gasteiger partial charge in [0.25, 0.3) is 5.91 Å². The third-order valence-electron chi connectivity index (χ3n) is 2.84. The highest BCUT2D eigenvalue weighted by Crippen LogP contribution is 2.07. The molecule has 0 aliphatic carbocycles. The summed E-state index contributed by atoms with van der Waals surface area (Å²) in [6.07, 6.45) is 1.13. The minimum Gasteiger partial charge on any atom is -0.350 e. The van der Waals surface area contributed by atoms with Gasteiger partial charge in [-0.05, 0) is 31.8 Å². The number of carbonyl (C=O) groups excluding carboxylic acids is 1. The number of amides is 1. The number of nitrogens with zero attached hydrogens (tertiary/aromatic N) is 1. The fourth-order valence-electron chi connectivity index (χ4n) is 1.37. The van der Waals surface area contributed by atoms with Gasteiger partial charge in [0, 0.05) is 19.1 Å². The molecule has 1 unspecified atom stereocenters. The van der Waals surface area contributed by atoms with E-state index < -0.39 is 0 Å². The van der Waals surface area contributed by atoms with Crippen LogP contribution in [0.2, 0.25) is 0 Å². The molecule has 0 aliphatic rings. The molecule has 0 aromatic carbocycles. The Labute approximate surface area is 101 Å². The highest BCUT2D eigenvalue weighted by molar-refractivity contribution is 7.12. The summed E-state index contributed by atoms with van der Waals surface area (Å²) in [4.78, 5) is 14.6. The highest BCUT2D eigenvalue weighted by Gasteiger charge is 2.08. The SMILES string of the molecule is CCC(C)N(C)CCNC(=O)c1cccs1. The second-order valence-electron chi connectivity index (χ2n) is 3.97. The van der Waals surface area contributed by atoms with Gasteiger partial charge in [-0.15, -0.1) is 11.3 Å². The van der Waals surface area contributed by atoms with E-state index in [1.54, 1.807) is 0 Å². The van der Waals surface area contributed by atoms with E-state index in [0.717, 1.165) is 17.8 Å². The summed E-state index contributed by atoms with van der Waals surface area (Å²) in [5.41, 5.74) is 0. The Bertz CT molecular complexity index is 311. The van der Waals surface area contributed by atoms with E-state index in [0.29, 0.717) is 12.6 Å². The van der Waals surface area contributed by atoms with Crippen LogP contribution >= 0.6 is 11.3 Å². The summed E-state index contributed by atoms with van der Waals surface area (Å²) < 4.78 is 0. The van der Waals surface area contributed by atoms with Crippen molar-refractivity contribution in [3.05, 3.63) is 22.4 Å². The van der Waals surface area contributed by atoms with Gasteiger partial charge in [-0.2, -0.15) is 0 Å². The normalized spacial score (nSPS) is 12.8. The molecule has 0 spiro atoms. The fourth-order valence-corrected chi connectivity index (χ4v) is 2.01. The average Bonchev–Trinajstić information content (AvgIpc) is 2.81. The Kier molecular flexibility index (Phi) is 5.49. The van der Waals surface area contributed by atoms with Gasteiger partial charge in [0.2, 0.25) is 0 Å². The van der Waals surface area contributed by atoms with Crippen LogP contribution in [-0.4, -0.2) is 37.0 Å². The predicted molar refractivity (Wildman–Crippen MR) is 69.0 cm³/mol. The highest BCUT2D eigenvalue weighted by atomic mass is 32.1. The molecule has 0 saturated heterocycles. The molecule has 1 heterocycles. The van der Waals surface area contributed by atoms with Gasteiger partial charge < -0.3 is 10.2 Å². The lowest BCUT2D eigenvalue weighted by atomic mass is 10.2. The smallest absolute Gasteiger partial charge is 0.261 e. The van der Waals surface area contributed by atoms with Crippen molar-refractivity contribution < 1.29 is 4.79 Å². The van der Waals surface area contributed by atoms with E-state index in [4.69, 9.17) is 0 Å². The zero-order valence-electron chi connectivity index (χ0n) is 10.2. The lowest BCUT2D eigenvalue weighted by Crippen LogP contribution is -2.36. The predicted octanol–water partition coefficient (Wildman–Crippen LogP) is 2.21. The number of nitrogens with one attached hydrogen (secondary N) is 1. The molecule has 1 N–H and O–H groups in total. The molecular weight excluding hydrogens is 220 g/mol. The topological polar surface area (TPSA) is 32.3 Å². The van der Waals surface area contributed by atoms with Crippen molar-refractivity contribution >= 4 is 17.2 Å². The van der Waals surface area contributed by atoms with Crippen molar-refractivity contribution in [3.63, 3.8) is 0 Å². The molecule has 3 nitrogen and oxygen atoms in total. The van der Waals surface area contributed by atoms with Crippen molar-refractivity contribution in [2.45, 2.75) is 26.3 Å². The summed E-state index contributed by atoms with van der Waals surface area (Å²) >= 11 is 1.48. The third kappa shape index (κ3) is 3.94. The van der Waals surface area contributed by atoms with Crippen LogP contribution in [0.4, 0.5) is 0 Å². The second-order valence-corrected chi connectivity index (χ2v) is 4.92. The Morgan fingerprint density at radius 2 is 2.38 bits per heavy atom. The van der Waals surface area contributed by atoms with Crippen LogP contribution in [0.3, 0.4) is 0 Å². The monoisotopic (exact) mass is 240 g/mol. The molecule has 1 aromatic heterocycles. The largest absolute Gasteiger partial charge is 0.350 e. The first-order chi connectivity index (χ1) is 7.65. The summed E-state index contributed by atoms with van der Waals surface area (Å²) in [5.74, 6) is 0.0348. The van der Waals surface area contributed by atoms with Crippen LogP contribution < -0.4 is 5.32 Å². The molecule has 1 rings (SSSR count). The van der Waals surface area contributed by atoms with Crippen LogP contribution in [0.5, 0.6) is 0 Å². The van der Waals surface area contributed by atoms with E-state index in [2.05, 4.69) is 31.1 Å². The molecule has 0 saturated carbocycles. The Morgan fingerprint density at radius 1 is 1.62 bits per heavy atom. The standard InChI is InChI=1S/C12H20N2OS/c1-4-10(2)14(3)8-7-13-12(15)11-6-5-9-16-11/h5-6,9-10H,4,7-8H2,1-3H3,(H,13,15). The molecule has 1 amide bonds. The summed E-state index contributed by atoms with van der Waals surface area (Å²) in [6.45, 7) is 5.97. The van der Waals surface area contributed by atoms with Crippen molar-refractivity contribution in [1.82, 2.24) is 10.2 Å². The van der Waals surface area contributed by atoms with Gasteiger partial charge >= 0.3 is 0 Å². The number of carbonyl (C=O) groups is 1. The molecule has 90 valence electrons. The van der Waals surface area contributed by atoms with Gasteiger partial charge in [-0.3, -0.25) is 4.79 Å². The first kappa shape index (κ1) is 13.2. The van der Waals surface area contributed by atoms with Gasteiger partial charge in [0.15, 0.2) is 0 Å². The molecule has 0 bridgehead atoms. The third-order valence-corrected chi connectivity index (χ3v) is 3.71. The van der Waals surface area contributed by atoms with E-state index >= 15 is 0 Å². The Balaban J connectivity index is 2.23. The number of hydrogen-bond donors (Lipinski definition) is 1. The first-order valence-electron chi connectivity index (χ1n) is 5.67. The maximum atomic E-state index is 11.6. The number of hydrogen-bond acceptors (Lipinski definition) is 3. The molecule has 4 heteroatoms. The minimum absolute atomic E-state index is 0.0348. The van der Waals surface area contributed by atoms with Crippen LogP contribution in [0.25, 0.3) is 0 Å². The quantitative estimate of drug-likeness (QED) is 0.827. The van der Waals surface area contributed by atoms with E-state index in [1.165, 1.54) is 11.3 Å². The zero-order chi connectivity index (χ0) is 12.0. The second kappa shape index (κ2) is 6.66.